The fourth-order valence-electron chi connectivity index (χ4n) is 0.895. The van der Waals surface area contributed by atoms with Gasteiger partial charge in [0.15, 0.2) is 0 Å². The summed E-state index contributed by atoms with van der Waals surface area (Å²) in [6.45, 7) is 3.56. The van der Waals surface area contributed by atoms with Crippen LogP contribution in [0.4, 0.5) is 5.69 Å². The Morgan fingerprint density at radius 2 is 2.29 bits per heavy atom. The van der Waals surface area contributed by atoms with Crippen LogP contribution >= 0.6 is 15.9 Å². The van der Waals surface area contributed by atoms with Gasteiger partial charge in [0.05, 0.1) is 23.6 Å². The molecule has 0 unspecified atom stereocenters. The van der Waals surface area contributed by atoms with Crippen molar-refractivity contribution in [3.63, 3.8) is 0 Å². The zero-order valence-electron chi connectivity index (χ0n) is 7.95. The Balaban J connectivity index is 2.94. The highest BCUT2D eigenvalue weighted by Gasteiger charge is 2.13. The van der Waals surface area contributed by atoms with E-state index in [1.54, 1.807) is 19.9 Å². The number of hydrogen-bond acceptors (Lipinski definition) is 4. The van der Waals surface area contributed by atoms with E-state index in [1.807, 2.05) is 0 Å². The summed E-state index contributed by atoms with van der Waals surface area (Å²) in [5.74, 6) is -0.430. The fourth-order valence-corrected chi connectivity index (χ4v) is 1.23. The highest BCUT2D eigenvalue weighted by molar-refractivity contribution is 9.10. The summed E-state index contributed by atoms with van der Waals surface area (Å²) < 4.78 is 5.56. The monoisotopic (exact) mass is 258 g/mol. The number of nitrogens with zero attached hydrogens (tertiary/aromatic N) is 1. The minimum absolute atomic E-state index is 0.158. The van der Waals surface area contributed by atoms with Gasteiger partial charge in [0.1, 0.15) is 4.60 Å². The van der Waals surface area contributed by atoms with Crippen LogP contribution in [-0.4, -0.2) is 17.1 Å². The van der Waals surface area contributed by atoms with Gasteiger partial charge in [-0.1, -0.05) is 0 Å². The van der Waals surface area contributed by atoms with Gasteiger partial charge in [0.2, 0.25) is 0 Å². The van der Waals surface area contributed by atoms with Crippen molar-refractivity contribution < 1.29 is 9.53 Å². The maximum absolute atomic E-state index is 11.5. The van der Waals surface area contributed by atoms with Gasteiger partial charge in [-0.2, -0.15) is 0 Å². The number of esters is 1. The molecule has 0 aliphatic heterocycles. The van der Waals surface area contributed by atoms with Gasteiger partial charge in [-0.05, 0) is 35.8 Å². The van der Waals surface area contributed by atoms with E-state index >= 15 is 0 Å². The van der Waals surface area contributed by atoms with E-state index in [1.165, 1.54) is 6.20 Å². The van der Waals surface area contributed by atoms with Crippen LogP contribution in [0.5, 0.6) is 0 Å². The first-order chi connectivity index (χ1) is 6.50. The number of ether oxygens (including phenoxy) is 1. The normalized spacial score (nSPS) is 10.3. The SMILES string of the molecule is CC(C)OC(=O)c1cc(Br)ncc1N. The van der Waals surface area contributed by atoms with Crippen LogP contribution in [0.1, 0.15) is 24.2 Å². The molecule has 0 aliphatic carbocycles. The Kier molecular flexibility index (Phi) is 3.46. The van der Waals surface area contributed by atoms with Gasteiger partial charge in [-0.15, -0.1) is 0 Å². The average Bonchev–Trinajstić information content (AvgIpc) is 2.08. The van der Waals surface area contributed by atoms with E-state index in [4.69, 9.17) is 10.5 Å². The Bertz CT molecular complexity index is 353. The molecule has 14 heavy (non-hydrogen) atoms. The van der Waals surface area contributed by atoms with Crippen LogP contribution in [0.25, 0.3) is 0 Å². The smallest absolute Gasteiger partial charge is 0.340 e. The number of anilines is 1. The summed E-state index contributed by atoms with van der Waals surface area (Å²) in [6.07, 6.45) is 1.26. The number of carbonyl (C=O) groups is 1. The molecule has 0 saturated carbocycles. The van der Waals surface area contributed by atoms with E-state index in [-0.39, 0.29) is 6.10 Å². The molecular formula is C9H11BrN2O2. The molecule has 0 radical (unpaired) electrons. The molecule has 0 aliphatic rings. The second kappa shape index (κ2) is 4.41. The first-order valence-corrected chi connectivity index (χ1v) is 4.92. The van der Waals surface area contributed by atoms with Crippen molar-refractivity contribution in [3.05, 3.63) is 22.4 Å². The number of pyridine rings is 1. The Morgan fingerprint density at radius 3 is 2.86 bits per heavy atom. The molecule has 4 nitrogen and oxygen atoms in total. The lowest BCUT2D eigenvalue weighted by Crippen LogP contribution is -2.13. The number of carbonyl (C=O) groups excluding carboxylic acids is 1. The van der Waals surface area contributed by atoms with Crippen molar-refractivity contribution >= 4 is 27.6 Å². The molecule has 1 aromatic rings. The molecule has 0 saturated heterocycles. The van der Waals surface area contributed by atoms with Crippen molar-refractivity contribution in [1.29, 1.82) is 0 Å². The lowest BCUT2D eigenvalue weighted by molar-refractivity contribution is 0.0379. The average molecular weight is 259 g/mol. The van der Waals surface area contributed by atoms with Gasteiger partial charge in [-0.3, -0.25) is 0 Å². The molecule has 5 heteroatoms. The third-order valence-corrected chi connectivity index (χ3v) is 1.90. The molecular weight excluding hydrogens is 248 g/mol. The van der Waals surface area contributed by atoms with E-state index in [0.717, 1.165) is 0 Å². The topological polar surface area (TPSA) is 65.2 Å². The zero-order valence-corrected chi connectivity index (χ0v) is 9.54. The van der Waals surface area contributed by atoms with Crippen molar-refractivity contribution in [2.75, 3.05) is 5.73 Å². The second-order valence-electron chi connectivity index (χ2n) is 3.05. The van der Waals surface area contributed by atoms with Gasteiger partial charge in [-0.25, -0.2) is 9.78 Å². The van der Waals surface area contributed by atoms with Crippen molar-refractivity contribution in [2.24, 2.45) is 0 Å². The summed E-state index contributed by atoms with van der Waals surface area (Å²) >= 11 is 3.16. The van der Waals surface area contributed by atoms with Gasteiger partial charge in [0, 0.05) is 0 Å². The molecule has 1 heterocycles. The van der Waals surface area contributed by atoms with Gasteiger partial charge >= 0.3 is 5.97 Å². The summed E-state index contributed by atoms with van der Waals surface area (Å²) in [6, 6.07) is 1.54. The van der Waals surface area contributed by atoms with Gasteiger partial charge < -0.3 is 10.5 Å². The molecule has 0 fully saturated rings. The third kappa shape index (κ3) is 2.70. The Morgan fingerprint density at radius 1 is 1.64 bits per heavy atom. The van der Waals surface area contributed by atoms with Crippen LogP contribution in [0, 0.1) is 0 Å². The zero-order chi connectivity index (χ0) is 10.7. The predicted octanol–water partition coefficient (Wildman–Crippen LogP) is 1.99. The van der Waals surface area contributed by atoms with Crippen molar-refractivity contribution in [2.45, 2.75) is 20.0 Å². The Hall–Kier alpha value is -1.10. The molecule has 0 atom stereocenters. The molecule has 0 aromatic carbocycles. The van der Waals surface area contributed by atoms with Crippen molar-refractivity contribution in [3.8, 4) is 0 Å². The lowest BCUT2D eigenvalue weighted by atomic mass is 10.2. The van der Waals surface area contributed by atoms with E-state index in [2.05, 4.69) is 20.9 Å². The molecule has 1 aromatic heterocycles. The van der Waals surface area contributed by atoms with Crippen LogP contribution < -0.4 is 5.73 Å². The highest BCUT2D eigenvalue weighted by Crippen LogP contribution is 2.16. The maximum atomic E-state index is 11.5. The quantitative estimate of drug-likeness (QED) is 0.651. The molecule has 76 valence electrons. The number of nitrogen functional groups attached to an aromatic ring is 1. The maximum Gasteiger partial charge on any atom is 0.340 e. The second-order valence-corrected chi connectivity index (χ2v) is 3.86. The van der Waals surface area contributed by atoms with Crippen LogP contribution in [0.2, 0.25) is 0 Å². The van der Waals surface area contributed by atoms with Gasteiger partial charge in [0.25, 0.3) is 0 Å². The number of rotatable bonds is 2. The van der Waals surface area contributed by atoms with Crippen LogP contribution in [0.3, 0.4) is 0 Å². The summed E-state index contributed by atoms with van der Waals surface area (Å²) in [7, 11) is 0. The van der Waals surface area contributed by atoms with E-state index in [0.29, 0.717) is 15.9 Å². The molecule has 1 rings (SSSR count). The van der Waals surface area contributed by atoms with Crippen LogP contribution in [-0.2, 0) is 4.74 Å². The first kappa shape index (κ1) is 11.0. The Labute approximate surface area is 90.6 Å². The summed E-state index contributed by atoms with van der Waals surface area (Å²) in [5.41, 5.74) is 6.23. The number of hydrogen-bond donors (Lipinski definition) is 1. The largest absolute Gasteiger partial charge is 0.459 e. The molecule has 2 N–H and O–H groups in total. The molecule has 0 amide bonds. The lowest BCUT2D eigenvalue weighted by Gasteiger charge is -2.09. The summed E-state index contributed by atoms with van der Waals surface area (Å²) in [4.78, 5) is 15.4. The van der Waals surface area contributed by atoms with E-state index in [9.17, 15) is 4.79 Å². The number of nitrogens with two attached hydrogens (primary N) is 1. The molecule has 0 spiro atoms. The number of aromatic nitrogens is 1. The van der Waals surface area contributed by atoms with E-state index < -0.39 is 5.97 Å². The molecule has 0 bridgehead atoms. The standard InChI is InChI=1S/C9H11BrN2O2/c1-5(2)14-9(13)6-3-8(10)12-4-7(6)11/h3-5H,11H2,1-2H3. The van der Waals surface area contributed by atoms with Crippen LogP contribution in [0.15, 0.2) is 16.9 Å². The minimum Gasteiger partial charge on any atom is -0.459 e. The fraction of sp³-hybridized carbons (Fsp3) is 0.333. The predicted molar refractivity (Wildman–Crippen MR) is 56.9 cm³/mol. The number of halogens is 1. The highest BCUT2D eigenvalue weighted by atomic mass is 79.9. The third-order valence-electron chi connectivity index (χ3n) is 1.46. The first-order valence-electron chi connectivity index (χ1n) is 4.12. The van der Waals surface area contributed by atoms with Crippen molar-refractivity contribution in [1.82, 2.24) is 4.98 Å². The summed E-state index contributed by atoms with van der Waals surface area (Å²) in [5, 5.41) is 0. The minimum atomic E-state index is -0.430.